The number of rotatable bonds is 23. The first-order valence-electron chi connectivity index (χ1n) is 25.1. The van der Waals surface area contributed by atoms with E-state index in [1.165, 1.54) is 0 Å². The molecule has 0 saturated carbocycles. The van der Waals surface area contributed by atoms with E-state index in [4.69, 9.17) is 28.4 Å². The van der Waals surface area contributed by atoms with Crippen LogP contribution in [0.4, 0.5) is 39.5 Å². The second-order valence-corrected chi connectivity index (χ2v) is 18.4. The van der Waals surface area contributed by atoms with Crippen LogP contribution in [0.5, 0.6) is 0 Å². The van der Waals surface area contributed by atoms with Gasteiger partial charge in [0.1, 0.15) is 11.7 Å². The lowest BCUT2D eigenvalue weighted by Crippen LogP contribution is -2.63. The molecular weight excluding hydrogens is 1040 g/mol. The number of ether oxygens (including phenoxy) is 6. The van der Waals surface area contributed by atoms with Crippen LogP contribution in [-0.2, 0) is 52.6 Å². The van der Waals surface area contributed by atoms with Crippen molar-refractivity contribution in [1.82, 2.24) is 0 Å². The molecule has 0 N–H and O–H groups in total. The van der Waals surface area contributed by atoms with Gasteiger partial charge in [0.15, 0.2) is 24.6 Å². The first kappa shape index (κ1) is 58.4. The quantitative estimate of drug-likeness (QED) is 0.0155. The molecule has 412 valence electrons. The Kier molecular flexibility index (Phi) is 19.8. The predicted octanol–water partition coefficient (Wildman–Crippen LogP) is 14.8. The molecule has 6 aromatic rings. The molecule has 0 aromatic heterocycles. The predicted molar refractivity (Wildman–Crippen MR) is 269 cm³/mol. The zero-order chi connectivity index (χ0) is 55.9. The molecule has 0 amide bonds. The average Bonchev–Trinajstić information content (AvgIpc) is 3.50. The second-order valence-electron chi connectivity index (χ2n) is 18.4. The molecule has 5 atom stereocenters. The smallest absolute Gasteiger partial charge is 0.416 e. The first-order chi connectivity index (χ1) is 37.3. The van der Waals surface area contributed by atoms with Gasteiger partial charge in [-0.25, -0.2) is 14.4 Å². The van der Waals surface area contributed by atoms with Gasteiger partial charge in [0.25, 0.3) is 0 Å². The molecule has 1 aliphatic heterocycles. The molecule has 1 saturated heterocycles. The van der Waals surface area contributed by atoms with Crippen molar-refractivity contribution in [2.75, 3.05) is 13.2 Å². The van der Waals surface area contributed by atoms with Crippen LogP contribution in [0.1, 0.15) is 116 Å². The summed E-state index contributed by atoms with van der Waals surface area (Å²) in [6.45, 7) is 2.93. The minimum absolute atomic E-state index is 0.142. The Balaban J connectivity index is 1.37. The summed E-state index contributed by atoms with van der Waals surface area (Å²) in [7, 11) is 0. The highest BCUT2D eigenvalue weighted by molar-refractivity contribution is 5.91. The molecule has 1 aliphatic rings. The van der Waals surface area contributed by atoms with Crippen molar-refractivity contribution in [1.29, 1.82) is 0 Å². The lowest BCUT2D eigenvalue weighted by atomic mass is 9.80. The Labute approximate surface area is 444 Å². The fraction of sp³-hybridized carbons (Fsp3) is 0.317. The number of alkyl halides is 9. The Morgan fingerprint density at radius 3 is 1.21 bits per heavy atom. The van der Waals surface area contributed by atoms with Gasteiger partial charge in [0.05, 0.1) is 40.0 Å². The van der Waals surface area contributed by atoms with Crippen molar-refractivity contribution < 1.29 is 82.3 Å². The van der Waals surface area contributed by atoms with Gasteiger partial charge in [0.2, 0.25) is 0 Å². The molecule has 9 nitrogen and oxygen atoms in total. The minimum Gasteiger partial charge on any atom is -0.452 e. The lowest BCUT2D eigenvalue weighted by molar-refractivity contribution is -0.303. The second kappa shape index (κ2) is 26.4. The van der Waals surface area contributed by atoms with Gasteiger partial charge in [0, 0.05) is 6.61 Å². The normalized spacial score (nSPS) is 17.9. The highest BCUT2D eigenvalue weighted by Gasteiger charge is 2.54. The van der Waals surface area contributed by atoms with Crippen LogP contribution in [0.2, 0.25) is 0 Å². The van der Waals surface area contributed by atoms with Crippen molar-refractivity contribution in [3.63, 3.8) is 0 Å². The number of hydrogen-bond acceptors (Lipinski definition) is 9. The third-order valence-corrected chi connectivity index (χ3v) is 12.9. The van der Waals surface area contributed by atoms with Crippen LogP contribution >= 0.6 is 0 Å². The zero-order valence-corrected chi connectivity index (χ0v) is 41.9. The molecule has 1 heterocycles. The Morgan fingerprint density at radius 1 is 0.449 bits per heavy atom. The van der Waals surface area contributed by atoms with Crippen LogP contribution in [0.25, 0.3) is 0 Å². The van der Waals surface area contributed by atoms with Gasteiger partial charge >= 0.3 is 36.4 Å². The average molecular weight is 1090 g/mol. The molecule has 18 heteroatoms. The molecule has 78 heavy (non-hydrogen) atoms. The SMILES string of the molecule is C=CCCCCCCCCCO[C@@H]1O[C@H](COC(c2ccccc2)(c2ccccc2)c2ccccc2)[C@@H](OC(=O)c2cccc(C(F)(F)F)c2)[C@H](OC(=O)c2cccc(C(F)(F)F)c2)[C@H]1OC(=O)c1cccc(C(F)(F)F)c1. The summed E-state index contributed by atoms with van der Waals surface area (Å²) in [5.41, 5.74) is -5.68. The molecule has 0 unspecified atom stereocenters. The van der Waals surface area contributed by atoms with Crippen molar-refractivity contribution in [3.8, 4) is 0 Å². The molecule has 1 fully saturated rings. The summed E-state index contributed by atoms with van der Waals surface area (Å²) in [5.74, 6) is -4.44. The van der Waals surface area contributed by atoms with Crippen LogP contribution in [0.15, 0.2) is 176 Å². The molecule has 0 spiro atoms. The molecular formula is C60H55F9O9. The number of allylic oxidation sites excluding steroid dienone is 1. The Morgan fingerprint density at radius 2 is 0.808 bits per heavy atom. The van der Waals surface area contributed by atoms with Crippen LogP contribution in [0, 0.1) is 0 Å². The van der Waals surface area contributed by atoms with Crippen LogP contribution in [-0.4, -0.2) is 61.8 Å². The van der Waals surface area contributed by atoms with Crippen LogP contribution < -0.4 is 0 Å². The van der Waals surface area contributed by atoms with Gasteiger partial charge in [-0.2, -0.15) is 39.5 Å². The van der Waals surface area contributed by atoms with Crippen molar-refractivity contribution in [2.45, 2.75) is 106 Å². The number of benzene rings is 6. The van der Waals surface area contributed by atoms with E-state index in [-0.39, 0.29) is 6.61 Å². The highest BCUT2D eigenvalue weighted by Crippen LogP contribution is 2.43. The Hall–Kier alpha value is -7.28. The molecule has 0 bridgehead atoms. The van der Waals surface area contributed by atoms with Crippen molar-refractivity contribution in [2.24, 2.45) is 0 Å². The standard InChI is InChI=1S/C60H55F9O9/c1-2-3-4-5-6-7-8-9-19-35-73-56-52(78-55(72)42-25-22-34-48(38-42)60(67,68)69)51(77-54(71)41-24-21-33-47(37-41)59(64,65)66)50(76-53(70)40-23-20-32-46(36-40)58(61,62)63)49(75-56)39-74-57(43-26-13-10-14-27-43,44-28-15-11-16-29-44)45-30-17-12-18-31-45/h2,10-18,20-34,36-38,49-52,56H,1,3-9,19,35,39H2/t49-,50-,51+,52-,56-/m1/s1. The topological polar surface area (TPSA) is 107 Å². The third-order valence-electron chi connectivity index (χ3n) is 12.9. The van der Waals surface area contributed by atoms with Crippen molar-refractivity contribution in [3.05, 3.63) is 227 Å². The van der Waals surface area contributed by atoms with E-state index < -0.39 is 113 Å². The number of esters is 3. The van der Waals surface area contributed by atoms with E-state index in [0.717, 1.165) is 74.9 Å². The molecule has 7 rings (SSSR count). The summed E-state index contributed by atoms with van der Waals surface area (Å²) in [4.78, 5) is 43.0. The summed E-state index contributed by atoms with van der Waals surface area (Å²) in [5, 5.41) is 0. The number of hydrogen-bond donors (Lipinski definition) is 0. The summed E-state index contributed by atoms with van der Waals surface area (Å²) < 4.78 is 165. The van der Waals surface area contributed by atoms with Gasteiger partial charge in [-0.05, 0) is 90.6 Å². The maximum atomic E-state index is 14.4. The maximum absolute atomic E-state index is 14.4. The van der Waals surface area contributed by atoms with Gasteiger partial charge in [-0.3, -0.25) is 0 Å². The van der Waals surface area contributed by atoms with E-state index in [2.05, 4.69) is 6.58 Å². The van der Waals surface area contributed by atoms with Crippen molar-refractivity contribution >= 4 is 17.9 Å². The highest BCUT2D eigenvalue weighted by atomic mass is 19.4. The van der Waals surface area contributed by atoms with Gasteiger partial charge < -0.3 is 28.4 Å². The first-order valence-corrected chi connectivity index (χ1v) is 25.1. The van der Waals surface area contributed by atoms with E-state index in [9.17, 15) is 53.9 Å². The van der Waals surface area contributed by atoms with E-state index in [1.807, 2.05) is 6.08 Å². The third kappa shape index (κ3) is 15.0. The number of unbranched alkanes of at least 4 members (excludes halogenated alkanes) is 7. The maximum Gasteiger partial charge on any atom is 0.416 e. The fourth-order valence-electron chi connectivity index (χ4n) is 9.04. The van der Waals surface area contributed by atoms with Gasteiger partial charge in [-0.1, -0.05) is 147 Å². The minimum atomic E-state index is -4.96. The summed E-state index contributed by atoms with van der Waals surface area (Å²) in [6, 6.07) is 35.8. The lowest BCUT2D eigenvalue weighted by Gasteiger charge is -2.45. The summed E-state index contributed by atoms with van der Waals surface area (Å²) in [6.07, 6.45) is -16.6. The number of carbonyl (C=O) groups excluding carboxylic acids is 3. The summed E-state index contributed by atoms with van der Waals surface area (Å²) >= 11 is 0. The van der Waals surface area contributed by atoms with Crippen LogP contribution in [0.3, 0.4) is 0 Å². The molecule has 0 aliphatic carbocycles. The molecule has 6 aromatic carbocycles. The van der Waals surface area contributed by atoms with E-state index in [0.29, 0.717) is 65.9 Å². The van der Waals surface area contributed by atoms with Gasteiger partial charge in [-0.15, -0.1) is 6.58 Å². The number of halogens is 9. The fourth-order valence-corrected chi connectivity index (χ4v) is 9.04. The zero-order valence-electron chi connectivity index (χ0n) is 41.9. The molecule has 0 radical (unpaired) electrons. The Bertz CT molecular complexity index is 2820. The largest absolute Gasteiger partial charge is 0.452 e. The van der Waals surface area contributed by atoms with E-state index >= 15 is 0 Å². The van der Waals surface area contributed by atoms with E-state index in [1.54, 1.807) is 91.0 Å². The monoisotopic (exact) mass is 1090 g/mol. The number of carbonyl (C=O) groups is 3.